The molecule has 0 heterocycles. The van der Waals surface area contributed by atoms with Gasteiger partial charge in [-0.25, -0.2) is 0 Å². The summed E-state index contributed by atoms with van der Waals surface area (Å²) in [6.45, 7) is 1.59. The van der Waals surface area contributed by atoms with Crippen LogP contribution in [-0.4, -0.2) is 0 Å². The number of rotatable bonds is 4. The lowest BCUT2D eigenvalue weighted by Gasteiger charge is -2.06. The first-order valence-electron chi connectivity index (χ1n) is 5.54. The Balaban J connectivity index is 1.90. The van der Waals surface area contributed by atoms with Crippen molar-refractivity contribution >= 4 is 39.1 Å². The third-order valence-corrected chi connectivity index (χ3v) is 3.76. The van der Waals surface area contributed by atoms with Crippen molar-refractivity contribution < 1.29 is 0 Å². The van der Waals surface area contributed by atoms with Gasteiger partial charge in [-0.2, -0.15) is 0 Å². The Bertz CT molecular complexity index is 543. The van der Waals surface area contributed by atoms with Crippen molar-refractivity contribution in [2.75, 3.05) is 0 Å². The standard InChI is InChI=1S/C14H12BrCl2N/c15-12-3-1-2-10(6-12)8-18-9-11-4-5-13(16)14(17)7-11/h1-7,18H,8-9H2. The van der Waals surface area contributed by atoms with E-state index in [-0.39, 0.29) is 0 Å². The van der Waals surface area contributed by atoms with Crippen LogP contribution in [0.3, 0.4) is 0 Å². The summed E-state index contributed by atoms with van der Waals surface area (Å²) in [5, 5.41) is 4.56. The Morgan fingerprint density at radius 2 is 1.61 bits per heavy atom. The summed E-state index contributed by atoms with van der Waals surface area (Å²) in [6.07, 6.45) is 0. The SMILES string of the molecule is Clc1ccc(CNCc2cccc(Br)c2)cc1Cl. The van der Waals surface area contributed by atoms with Crippen LogP contribution >= 0.6 is 39.1 Å². The van der Waals surface area contributed by atoms with Crippen molar-refractivity contribution in [2.24, 2.45) is 0 Å². The molecule has 0 bridgehead atoms. The van der Waals surface area contributed by atoms with E-state index >= 15 is 0 Å². The Hall–Kier alpha value is -0.540. The van der Waals surface area contributed by atoms with Gasteiger partial charge in [0, 0.05) is 17.6 Å². The first kappa shape index (κ1) is 13.9. The van der Waals surface area contributed by atoms with E-state index in [0.29, 0.717) is 10.0 Å². The molecule has 0 radical (unpaired) electrons. The molecule has 0 spiro atoms. The second kappa shape index (κ2) is 6.58. The van der Waals surface area contributed by atoms with Crippen LogP contribution in [0.1, 0.15) is 11.1 Å². The number of hydrogen-bond donors (Lipinski definition) is 1. The van der Waals surface area contributed by atoms with Gasteiger partial charge in [0.2, 0.25) is 0 Å². The topological polar surface area (TPSA) is 12.0 Å². The first-order chi connectivity index (χ1) is 8.65. The lowest BCUT2D eigenvalue weighted by atomic mass is 10.2. The highest BCUT2D eigenvalue weighted by Gasteiger charge is 1.99. The Labute approximate surface area is 125 Å². The van der Waals surface area contributed by atoms with E-state index < -0.39 is 0 Å². The van der Waals surface area contributed by atoms with Gasteiger partial charge in [0.25, 0.3) is 0 Å². The number of halogens is 3. The summed E-state index contributed by atoms with van der Waals surface area (Å²) in [5.74, 6) is 0. The number of nitrogens with one attached hydrogen (secondary N) is 1. The molecule has 18 heavy (non-hydrogen) atoms. The monoisotopic (exact) mass is 343 g/mol. The van der Waals surface area contributed by atoms with Crippen molar-refractivity contribution in [1.29, 1.82) is 0 Å². The highest BCUT2D eigenvalue weighted by atomic mass is 79.9. The van der Waals surface area contributed by atoms with Crippen LogP contribution in [0.15, 0.2) is 46.9 Å². The zero-order valence-corrected chi connectivity index (χ0v) is 12.7. The Morgan fingerprint density at radius 3 is 2.28 bits per heavy atom. The Morgan fingerprint density at radius 1 is 0.889 bits per heavy atom. The van der Waals surface area contributed by atoms with E-state index in [1.807, 2.05) is 30.3 Å². The molecular weight excluding hydrogens is 333 g/mol. The van der Waals surface area contributed by atoms with E-state index in [9.17, 15) is 0 Å². The highest BCUT2D eigenvalue weighted by molar-refractivity contribution is 9.10. The minimum Gasteiger partial charge on any atom is -0.309 e. The maximum atomic E-state index is 5.96. The predicted molar refractivity (Wildman–Crippen MR) is 81.1 cm³/mol. The number of hydrogen-bond acceptors (Lipinski definition) is 1. The quantitative estimate of drug-likeness (QED) is 0.818. The summed E-state index contributed by atoms with van der Waals surface area (Å²) in [5.41, 5.74) is 2.36. The van der Waals surface area contributed by atoms with Gasteiger partial charge in [0.15, 0.2) is 0 Å². The lowest BCUT2D eigenvalue weighted by molar-refractivity contribution is 0.693. The highest BCUT2D eigenvalue weighted by Crippen LogP contribution is 2.22. The van der Waals surface area contributed by atoms with Crippen LogP contribution in [0.2, 0.25) is 10.0 Å². The van der Waals surface area contributed by atoms with Crippen LogP contribution in [0, 0.1) is 0 Å². The van der Waals surface area contributed by atoms with Gasteiger partial charge in [-0.3, -0.25) is 0 Å². The largest absolute Gasteiger partial charge is 0.309 e. The molecule has 2 aromatic rings. The molecule has 0 saturated heterocycles. The maximum Gasteiger partial charge on any atom is 0.0595 e. The minimum atomic E-state index is 0.590. The molecule has 0 atom stereocenters. The van der Waals surface area contributed by atoms with E-state index in [2.05, 4.69) is 33.4 Å². The van der Waals surface area contributed by atoms with Crippen molar-refractivity contribution in [3.05, 3.63) is 68.1 Å². The van der Waals surface area contributed by atoms with Crippen molar-refractivity contribution in [3.8, 4) is 0 Å². The molecule has 0 amide bonds. The van der Waals surface area contributed by atoms with E-state index in [1.54, 1.807) is 0 Å². The first-order valence-corrected chi connectivity index (χ1v) is 7.09. The smallest absolute Gasteiger partial charge is 0.0595 e. The molecule has 0 fully saturated rings. The maximum absolute atomic E-state index is 5.96. The zero-order chi connectivity index (χ0) is 13.0. The summed E-state index contributed by atoms with van der Waals surface area (Å²) in [6, 6.07) is 13.9. The van der Waals surface area contributed by atoms with Crippen LogP contribution in [0.5, 0.6) is 0 Å². The molecular formula is C14H12BrCl2N. The summed E-state index contributed by atoms with van der Waals surface area (Å²) in [4.78, 5) is 0. The third-order valence-electron chi connectivity index (χ3n) is 2.53. The van der Waals surface area contributed by atoms with E-state index in [0.717, 1.165) is 23.1 Å². The van der Waals surface area contributed by atoms with E-state index in [1.165, 1.54) is 5.56 Å². The zero-order valence-electron chi connectivity index (χ0n) is 9.59. The van der Waals surface area contributed by atoms with Gasteiger partial charge < -0.3 is 5.32 Å². The molecule has 0 saturated carbocycles. The molecule has 1 N–H and O–H groups in total. The van der Waals surface area contributed by atoms with Gasteiger partial charge in [-0.05, 0) is 35.4 Å². The third kappa shape index (κ3) is 3.99. The van der Waals surface area contributed by atoms with Gasteiger partial charge in [0.1, 0.15) is 0 Å². The molecule has 94 valence electrons. The van der Waals surface area contributed by atoms with Crippen LogP contribution in [0.4, 0.5) is 0 Å². The fraction of sp³-hybridized carbons (Fsp3) is 0.143. The number of benzene rings is 2. The lowest BCUT2D eigenvalue weighted by Crippen LogP contribution is -2.12. The summed E-state index contributed by atoms with van der Waals surface area (Å²) in [7, 11) is 0. The summed E-state index contributed by atoms with van der Waals surface area (Å²) >= 11 is 15.3. The molecule has 0 aromatic heterocycles. The molecule has 2 rings (SSSR count). The van der Waals surface area contributed by atoms with E-state index in [4.69, 9.17) is 23.2 Å². The molecule has 0 aliphatic rings. The molecule has 4 heteroatoms. The van der Waals surface area contributed by atoms with Gasteiger partial charge in [-0.15, -0.1) is 0 Å². The second-order valence-corrected chi connectivity index (χ2v) is 5.71. The van der Waals surface area contributed by atoms with Crippen LogP contribution in [-0.2, 0) is 13.1 Å². The molecule has 0 aliphatic heterocycles. The van der Waals surface area contributed by atoms with Gasteiger partial charge >= 0.3 is 0 Å². The van der Waals surface area contributed by atoms with Gasteiger partial charge in [-0.1, -0.05) is 57.3 Å². The fourth-order valence-electron chi connectivity index (χ4n) is 1.65. The summed E-state index contributed by atoms with van der Waals surface area (Å²) < 4.78 is 1.09. The average Bonchev–Trinajstić information content (AvgIpc) is 2.34. The molecule has 0 unspecified atom stereocenters. The minimum absolute atomic E-state index is 0.590. The van der Waals surface area contributed by atoms with Crippen LogP contribution in [0.25, 0.3) is 0 Å². The van der Waals surface area contributed by atoms with Crippen LogP contribution < -0.4 is 5.32 Å². The van der Waals surface area contributed by atoms with Crippen molar-refractivity contribution in [1.82, 2.24) is 5.32 Å². The molecule has 0 aliphatic carbocycles. The predicted octanol–water partition coefficient (Wildman–Crippen LogP) is 5.05. The molecule has 1 nitrogen and oxygen atoms in total. The average molecular weight is 345 g/mol. The fourth-order valence-corrected chi connectivity index (χ4v) is 2.42. The van der Waals surface area contributed by atoms with Gasteiger partial charge in [0.05, 0.1) is 10.0 Å². The molecule has 2 aromatic carbocycles. The van der Waals surface area contributed by atoms with Crippen molar-refractivity contribution in [3.63, 3.8) is 0 Å². The Kier molecular flexibility index (Phi) is 5.07. The van der Waals surface area contributed by atoms with Crippen molar-refractivity contribution in [2.45, 2.75) is 13.1 Å². The second-order valence-electron chi connectivity index (χ2n) is 3.98. The normalized spacial score (nSPS) is 10.6.